The van der Waals surface area contributed by atoms with E-state index in [4.69, 9.17) is 21.1 Å². The fourth-order valence-electron chi connectivity index (χ4n) is 3.33. The summed E-state index contributed by atoms with van der Waals surface area (Å²) in [7, 11) is 1.42. The Bertz CT molecular complexity index is 1260. The minimum Gasteiger partial charge on any atom is -0.493 e. The average molecular weight is 478 g/mol. The minimum atomic E-state index is -0.583. The molecule has 0 radical (unpaired) electrons. The van der Waals surface area contributed by atoms with Crippen molar-refractivity contribution in [2.45, 2.75) is 0 Å². The molecule has 8 nitrogen and oxygen atoms in total. The Balaban J connectivity index is 1.61. The Morgan fingerprint density at radius 1 is 1.06 bits per heavy atom. The molecule has 3 amide bonds. The summed E-state index contributed by atoms with van der Waals surface area (Å²) in [4.78, 5) is 37.9. The number of nitrogens with zero attached hydrogens (tertiary/aromatic N) is 1. The number of carbonyl (C=O) groups is 3. The van der Waals surface area contributed by atoms with Crippen LogP contribution in [0.15, 0.2) is 78.4 Å². The number of rotatable bonds is 7. The SMILES string of the molecule is COc1cc(Cl)cc(/C=C2\C(=O)NN(c3ccccc3)C2=O)c1OCC(=O)Nc1ccccc1. The lowest BCUT2D eigenvalue weighted by atomic mass is 10.1. The number of hydrogen-bond donors (Lipinski definition) is 2. The molecule has 4 rings (SSSR count). The van der Waals surface area contributed by atoms with Crippen LogP contribution in [-0.2, 0) is 14.4 Å². The number of carbonyl (C=O) groups excluding carboxylic acids is 3. The number of nitrogens with one attached hydrogen (secondary N) is 2. The number of ether oxygens (including phenoxy) is 2. The lowest BCUT2D eigenvalue weighted by molar-refractivity contribution is -0.118. The van der Waals surface area contributed by atoms with E-state index in [0.29, 0.717) is 22.0 Å². The number of amides is 3. The number of halogens is 1. The molecule has 9 heteroatoms. The highest BCUT2D eigenvalue weighted by Crippen LogP contribution is 2.37. The number of hydrazine groups is 1. The van der Waals surface area contributed by atoms with Gasteiger partial charge in [-0.25, -0.2) is 5.01 Å². The highest BCUT2D eigenvalue weighted by molar-refractivity contribution is 6.32. The molecule has 172 valence electrons. The van der Waals surface area contributed by atoms with Gasteiger partial charge in [-0.15, -0.1) is 0 Å². The van der Waals surface area contributed by atoms with Gasteiger partial charge >= 0.3 is 0 Å². The number of benzene rings is 3. The molecular formula is C25H20ClN3O5. The zero-order valence-corrected chi connectivity index (χ0v) is 18.8. The third-order valence-corrected chi connectivity index (χ3v) is 5.10. The first-order valence-corrected chi connectivity index (χ1v) is 10.6. The van der Waals surface area contributed by atoms with Crippen molar-refractivity contribution < 1.29 is 23.9 Å². The number of anilines is 2. The van der Waals surface area contributed by atoms with Crippen LogP contribution in [0.5, 0.6) is 11.5 Å². The van der Waals surface area contributed by atoms with Gasteiger partial charge in [-0.05, 0) is 36.4 Å². The van der Waals surface area contributed by atoms with E-state index in [0.717, 1.165) is 5.01 Å². The summed E-state index contributed by atoms with van der Waals surface area (Å²) < 4.78 is 11.1. The molecule has 0 unspecified atom stereocenters. The van der Waals surface area contributed by atoms with Crippen LogP contribution in [0.3, 0.4) is 0 Å². The fourth-order valence-corrected chi connectivity index (χ4v) is 3.55. The maximum absolute atomic E-state index is 12.9. The Kier molecular flexibility index (Phi) is 6.79. The molecule has 0 atom stereocenters. The highest BCUT2D eigenvalue weighted by Gasteiger charge is 2.34. The van der Waals surface area contributed by atoms with Gasteiger partial charge in [0.25, 0.3) is 17.7 Å². The number of hydrogen-bond acceptors (Lipinski definition) is 5. The van der Waals surface area contributed by atoms with Crippen LogP contribution in [0.25, 0.3) is 6.08 Å². The van der Waals surface area contributed by atoms with Crippen molar-refractivity contribution in [3.63, 3.8) is 0 Å². The first-order chi connectivity index (χ1) is 16.5. The number of methoxy groups -OCH3 is 1. The van der Waals surface area contributed by atoms with Crippen molar-refractivity contribution in [3.05, 3.63) is 89.0 Å². The first kappa shape index (κ1) is 22.9. The summed E-state index contributed by atoms with van der Waals surface area (Å²) in [6, 6.07) is 20.7. The van der Waals surface area contributed by atoms with Crippen molar-refractivity contribution in [3.8, 4) is 11.5 Å². The molecule has 1 aliphatic rings. The van der Waals surface area contributed by atoms with Gasteiger partial charge in [0.15, 0.2) is 18.1 Å². The van der Waals surface area contributed by atoms with Crippen molar-refractivity contribution in [2.24, 2.45) is 0 Å². The van der Waals surface area contributed by atoms with Crippen LogP contribution in [0.2, 0.25) is 5.02 Å². The van der Waals surface area contributed by atoms with E-state index in [1.54, 1.807) is 54.6 Å². The molecule has 3 aromatic carbocycles. The third-order valence-electron chi connectivity index (χ3n) is 4.88. The molecule has 2 N–H and O–H groups in total. The standard InChI is InChI=1S/C25H20ClN3O5/c1-33-21-14-17(26)12-16(23(21)34-15-22(30)27-18-8-4-2-5-9-18)13-20-24(31)28-29(25(20)32)19-10-6-3-7-11-19/h2-14H,15H2,1H3,(H,27,30)(H,28,31)/b20-13+. The Labute approximate surface area is 200 Å². The van der Waals surface area contributed by atoms with E-state index in [1.165, 1.54) is 25.3 Å². The van der Waals surface area contributed by atoms with E-state index < -0.39 is 17.7 Å². The zero-order valence-electron chi connectivity index (χ0n) is 18.1. The molecule has 1 saturated heterocycles. The molecule has 3 aromatic rings. The molecule has 0 spiro atoms. The maximum Gasteiger partial charge on any atom is 0.282 e. The largest absolute Gasteiger partial charge is 0.493 e. The van der Waals surface area contributed by atoms with Gasteiger partial charge in [0.05, 0.1) is 12.8 Å². The average Bonchev–Trinajstić information content (AvgIpc) is 3.12. The van der Waals surface area contributed by atoms with Gasteiger partial charge in [0.2, 0.25) is 0 Å². The highest BCUT2D eigenvalue weighted by atomic mass is 35.5. The molecule has 0 bridgehead atoms. The van der Waals surface area contributed by atoms with Gasteiger partial charge in [0, 0.05) is 22.3 Å². The van der Waals surface area contributed by atoms with E-state index in [-0.39, 0.29) is 23.7 Å². The minimum absolute atomic E-state index is 0.119. The van der Waals surface area contributed by atoms with Gasteiger partial charge in [-0.2, -0.15) is 0 Å². The Morgan fingerprint density at radius 2 is 1.74 bits per heavy atom. The fraction of sp³-hybridized carbons (Fsp3) is 0.0800. The molecule has 1 fully saturated rings. The summed E-state index contributed by atoms with van der Waals surface area (Å²) >= 11 is 6.21. The summed E-state index contributed by atoms with van der Waals surface area (Å²) in [5.74, 6) is -1.10. The summed E-state index contributed by atoms with van der Waals surface area (Å²) in [6.45, 7) is -0.334. The first-order valence-electron chi connectivity index (χ1n) is 10.2. The Hall–Kier alpha value is -4.30. The van der Waals surface area contributed by atoms with Crippen LogP contribution in [0.4, 0.5) is 11.4 Å². The van der Waals surface area contributed by atoms with Gasteiger partial charge in [0.1, 0.15) is 5.57 Å². The third kappa shape index (κ3) is 5.02. The van der Waals surface area contributed by atoms with E-state index in [2.05, 4.69) is 10.7 Å². The van der Waals surface area contributed by atoms with Crippen LogP contribution >= 0.6 is 11.6 Å². The molecule has 0 saturated carbocycles. The molecule has 1 aliphatic heterocycles. The monoisotopic (exact) mass is 477 g/mol. The lowest BCUT2D eigenvalue weighted by Crippen LogP contribution is -2.35. The van der Waals surface area contributed by atoms with Gasteiger partial charge in [-0.1, -0.05) is 48.0 Å². The van der Waals surface area contributed by atoms with Crippen LogP contribution in [0.1, 0.15) is 5.56 Å². The van der Waals surface area contributed by atoms with Gasteiger partial charge < -0.3 is 14.8 Å². The van der Waals surface area contributed by atoms with E-state index in [9.17, 15) is 14.4 Å². The molecule has 0 aromatic heterocycles. The summed E-state index contributed by atoms with van der Waals surface area (Å²) in [5.41, 5.74) is 3.87. The van der Waals surface area contributed by atoms with E-state index in [1.807, 2.05) is 6.07 Å². The number of para-hydroxylation sites is 2. The second-order valence-corrected chi connectivity index (χ2v) is 7.64. The lowest BCUT2D eigenvalue weighted by Gasteiger charge is -2.15. The molecular weight excluding hydrogens is 458 g/mol. The zero-order chi connectivity index (χ0) is 24.1. The van der Waals surface area contributed by atoms with Crippen LogP contribution in [-0.4, -0.2) is 31.4 Å². The second kappa shape index (κ2) is 10.1. The van der Waals surface area contributed by atoms with Crippen molar-refractivity contribution in [2.75, 3.05) is 24.0 Å². The molecule has 34 heavy (non-hydrogen) atoms. The van der Waals surface area contributed by atoms with Gasteiger partial charge in [-0.3, -0.25) is 19.8 Å². The normalized spacial score (nSPS) is 14.2. The summed E-state index contributed by atoms with van der Waals surface area (Å²) in [6.07, 6.45) is 1.36. The van der Waals surface area contributed by atoms with E-state index >= 15 is 0 Å². The topological polar surface area (TPSA) is 97.0 Å². The quantitative estimate of drug-likeness (QED) is 0.398. The van der Waals surface area contributed by atoms with Crippen LogP contribution < -0.4 is 25.2 Å². The van der Waals surface area contributed by atoms with Crippen molar-refractivity contribution in [1.82, 2.24) is 5.43 Å². The summed E-state index contributed by atoms with van der Waals surface area (Å²) in [5, 5.41) is 4.18. The van der Waals surface area contributed by atoms with Crippen molar-refractivity contribution in [1.29, 1.82) is 0 Å². The molecule has 1 heterocycles. The molecule has 0 aliphatic carbocycles. The Morgan fingerprint density at radius 3 is 2.41 bits per heavy atom. The van der Waals surface area contributed by atoms with Crippen molar-refractivity contribution >= 4 is 46.8 Å². The smallest absolute Gasteiger partial charge is 0.282 e. The maximum atomic E-state index is 12.9. The predicted octanol–water partition coefficient (Wildman–Crippen LogP) is 3.83. The van der Waals surface area contributed by atoms with Crippen LogP contribution in [0, 0.1) is 0 Å². The second-order valence-electron chi connectivity index (χ2n) is 7.20. The predicted molar refractivity (Wildman–Crippen MR) is 129 cm³/mol.